The molecule has 0 saturated carbocycles. The number of nitrogens with one attached hydrogen (secondary N) is 1. The highest BCUT2D eigenvalue weighted by Gasteiger charge is 2.15. The molecule has 7 nitrogen and oxygen atoms in total. The van der Waals surface area contributed by atoms with Crippen LogP contribution in [0, 0.1) is 0 Å². The highest BCUT2D eigenvalue weighted by atomic mass is 16.5. The van der Waals surface area contributed by atoms with Crippen molar-refractivity contribution in [3.05, 3.63) is 23.8 Å². The number of carbonyl (C=O) groups is 2. The summed E-state index contributed by atoms with van der Waals surface area (Å²) in [5, 5.41) is 10.3. The number of fused-ring (bicyclic) bond motifs is 1. The van der Waals surface area contributed by atoms with Crippen LogP contribution in [0.15, 0.2) is 18.2 Å². The molecule has 1 amide bonds. The number of nitrogens with zero attached hydrogens (tertiary/aromatic N) is 3. The lowest BCUT2D eigenvalue weighted by Gasteiger charge is -2.15. The van der Waals surface area contributed by atoms with Gasteiger partial charge >= 0.3 is 5.97 Å². The first-order valence-corrected chi connectivity index (χ1v) is 5.24. The molecule has 18 heavy (non-hydrogen) atoms. The van der Waals surface area contributed by atoms with Crippen LogP contribution in [0.2, 0.25) is 0 Å². The number of esters is 1. The molecule has 7 heteroatoms. The van der Waals surface area contributed by atoms with Crippen molar-refractivity contribution in [1.29, 1.82) is 0 Å². The maximum Gasteiger partial charge on any atom is 0.325 e. The second-order valence-corrected chi connectivity index (χ2v) is 3.76. The molecule has 0 aliphatic heterocycles. The molecule has 0 spiro atoms. The Labute approximate surface area is 103 Å². The number of likely N-dealkylation sites (N-methyl/N-ethyl adjacent to an activating group) is 1. The summed E-state index contributed by atoms with van der Waals surface area (Å²) in [6, 6.07) is 4.95. The van der Waals surface area contributed by atoms with Gasteiger partial charge in [-0.05, 0) is 18.2 Å². The average molecular weight is 248 g/mol. The summed E-state index contributed by atoms with van der Waals surface area (Å²) in [6.07, 6.45) is 0. The summed E-state index contributed by atoms with van der Waals surface area (Å²) in [5.41, 5.74) is 1.73. The van der Waals surface area contributed by atoms with Gasteiger partial charge in [-0.2, -0.15) is 15.4 Å². The zero-order chi connectivity index (χ0) is 13.1. The maximum absolute atomic E-state index is 12.0. The van der Waals surface area contributed by atoms with Gasteiger partial charge in [0, 0.05) is 12.6 Å². The van der Waals surface area contributed by atoms with E-state index < -0.39 is 5.97 Å². The van der Waals surface area contributed by atoms with Crippen LogP contribution in [0.25, 0.3) is 11.0 Å². The summed E-state index contributed by atoms with van der Waals surface area (Å²) in [6.45, 7) is -0.0911. The molecule has 0 unspecified atom stereocenters. The standard InChI is InChI=1S/C11H12N4O3/c1-15(6-10(16)18-2)11(17)7-3-4-8-9(5-7)13-14-12-8/h3-5H,6H2,1-2H3,(H,12,13,14). The van der Waals surface area contributed by atoms with E-state index in [1.807, 2.05) is 0 Å². The average Bonchev–Trinajstić information content (AvgIpc) is 2.84. The third-order valence-electron chi connectivity index (χ3n) is 2.50. The number of rotatable bonds is 3. The van der Waals surface area contributed by atoms with E-state index in [0.29, 0.717) is 16.6 Å². The van der Waals surface area contributed by atoms with Crippen LogP contribution < -0.4 is 0 Å². The Bertz CT molecular complexity index is 593. The van der Waals surface area contributed by atoms with E-state index in [0.717, 1.165) is 0 Å². The smallest absolute Gasteiger partial charge is 0.325 e. The minimum absolute atomic E-state index is 0.0911. The molecule has 1 aromatic heterocycles. The highest BCUT2D eigenvalue weighted by Crippen LogP contribution is 2.12. The highest BCUT2D eigenvalue weighted by molar-refractivity contribution is 5.98. The van der Waals surface area contributed by atoms with Gasteiger partial charge < -0.3 is 9.64 Å². The van der Waals surface area contributed by atoms with Crippen molar-refractivity contribution in [2.45, 2.75) is 0 Å². The molecule has 1 heterocycles. The fraction of sp³-hybridized carbons (Fsp3) is 0.273. The number of benzene rings is 1. The van der Waals surface area contributed by atoms with Gasteiger partial charge in [-0.3, -0.25) is 9.59 Å². The molecule has 0 aliphatic rings. The first-order valence-electron chi connectivity index (χ1n) is 5.24. The molecular formula is C11H12N4O3. The number of hydrogen-bond acceptors (Lipinski definition) is 5. The summed E-state index contributed by atoms with van der Waals surface area (Å²) in [4.78, 5) is 24.4. The molecular weight excluding hydrogens is 236 g/mol. The van der Waals surface area contributed by atoms with E-state index in [9.17, 15) is 9.59 Å². The Morgan fingerprint density at radius 2 is 2.06 bits per heavy atom. The topological polar surface area (TPSA) is 88.2 Å². The maximum atomic E-state index is 12.0. The van der Waals surface area contributed by atoms with E-state index in [1.54, 1.807) is 18.2 Å². The molecule has 0 fully saturated rings. The van der Waals surface area contributed by atoms with Gasteiger partial charge in [0.1, 0.15) is 17.6 Å². The van der Waals surface area contributed by atoms with E-state index >= 15 is 0 Å². The number of H-pyrrole nitrogens is 1. The first kappa shape index (κ1) is 12.0. The Kier molecular flexibility index (Phi) is 3.22. The van der Waals surface area contributed by atoms with E-state index in [1.165, 1.54) is 19.1 Å². The molecule has 0 saturated heterocycles. The lowest BCUT2D eigenvalue weighted by molar-refractivity contribution is -0.141. The van der Waals surface area contributed by atoms with E-state index in [2.05, 4.69) is 20.1 Å². The Hall–Kier alpha value is -2.44. The zero-order valence-corrected chi connectivity index (χ0v) is 10.0. The van der Waals surface area contributed by atoms with Gasteiger partial charge in [0.05, 0.1) is 7.11 Å². The van der Waals surface area contributed by atoms with Crippen molar-refractivity contribution in [3.8, 4) is 0 Å². The molecule has 2 aromatic rings. The van der Waals surface area contributed by atoms with Crippen LogP contribution in [0.1, 0.15) is 10.4 Å². The predicted octanol–water partition coefficient (Wildman–Crippen LogP) is 0.203. The molecule has 94 valence electrons. The minimum atomic E-state index is -0.464. The third kappa shape index (κ3) is 2.29. The second-order valence-electron chi connectivity index (χ2n) is 3.76. The molecule has 2 rings (SSSR count). The van der Waals surface area contributed by atoms with Crippen molar-refractivity contribution in [1.82, 2.24) is 20.3 Å². The van der Waals surface area contributed by atoms with Gasteiger partial charge in [-0.15, -0.1) is 0 Å². The van der Waals surface area contributed by atoms with Crippen molar-refractivity contribution >= 4 is 22.9 Å². The van der Waals surface area contributed by atoms with Crippen LogP contribution in [0.3, 0.4) is 0 Å². The minimum Gasteiger partial charge on any atom is -0.468 e. The normalized spacial score (nSPS) is 10.3. The van der Waals surface area contributed by atoms with Crippen molar-refractivity contribution in [2.24, 2.45) is 0 Å². The van der Waals surface area contributed by atoms with Crippen LogP contribution in [-0.4, -0.2) is 52.9 Å². The summed E-state index contributed by atoms with van der Waals surface area (Å²) in [7, 11) is 2.81. The number of methoxy groups -OCH3 is 1. The summed E-state index contributed by atoms with van der Waals surface area (Å²) >= 11 is 0. The van der Waals surface area contributed by atoms with Crippen molar-refractivity contribution < 1.29 is 14.3 Å². The fourth-order valence-corrected chi connectivity index (χ4v) is 1.52. The van der Waals surface area contributed by atoms with Crippen LogP contribution in [0.5, 0.6) is 0 Å². The van der Waals surface area contributed by atoms with Crippen LogP contribution in [-0.2, 0) is 9.53 Å². The van der Waals surface area contributed by atoms with Gasteiger partial charge in [-0.25, -0.2) is 0 Å². The van der Waals surface area contributed by atoms with E-state index in [4.69, 9.17) is 0 Å². The van der Waals surface area contributed by atoms with Crippen LogP contribution in [0.4, 0.5) is 0 Å². The molecule has 1 N–H and O–H groups in total. The first-order chi connectivity index (χ1) is 8.61. The molecule has 1 aromatic carbocycles. The third-order valence-corrected chi connectivity index (χ3v) is 2.50. The fourth-order valence-electron chi connectivity index (χ4n) is 1.52. The molecule has 0 bridgehead atoms. The number of amides is 1. The summed E-state index contributed by atoms with van der Waals surface area (Å²) < 4.78 is 4.50. The van der Waals surface area contributed by atoms with Gasteiger partial charge in [-0.1, -0.05) is 0 Å². The lowest BCUT2D eigenvalue weighted by Crippen LogP contribution is -2.32. The zero-order valence-electron chi connectivity index (χ0n) is 10.0. The Balaban J connectivity index is 2.19. The second kappa shape index (κ2) is 4.82. The van der Waals surface area contributed by atoms with E-state index in [-0.39, 0.29) is 12.5 Å². The monoisotopic (exact) mass is 248 g/mol. The Morgan fingerprint density at radius 1 is 1.33 bits per heavy atom. The van der Waals surface area contributed by atoms with Gasteiger partial charge in [0.25, 0.3) is 5.91 Å². The molecule has 0 radical (unpaired) electrons. The largest absolute Gasteiger partial charge is 0.468 e. The quantitative estimate of drug-likeness (QED) is 0.784. The SMILES string of the molecule is COC(=O)CN(C)C(=O)c1ccc2n[nH]nc2c1. The lowest BCUT2D eigenvalue weighted by atomic mass is 10.2. The number of carbonyl (C=O) groups excluding carboxylic acids is 2. The van der Waals surface area contributed by atoms with Crippen molar-refractivity contribution in [2.75, 3.05) is 20.7 Å². The van der Waals surface area contributed by atoms with Gasteiger partial charge in [0.15, 0.2) is 0 Å². The van der Waals surface area contributed by atoms with Crippen LogP contribution >= 0.6 is 0 Å². The molecule has 0 atom stereocenters. The van der Waals surface area contributed by atoms with Crippen molar-refractivity contribution in [3.63, 3.8) is 0 Å². The number of aromatic amines is 1. The molecule has 0 aliphatic carbocycles. The van der Waals surface area contributed by atoms with Gasteiger partial charge in [0.2, 0.25) is 0 Å². The summed E-state index contributed by atoms with van der Waals surface area (Å²) in [5.74, 6) is -0.737. The number of ether oxygens (including phenoxy) is 1. The number of hydrogen-bond donors (Lipinski definition) is 1. The number of aromatic nitrogens is 3. The predicted molar refractivity (Wildman–Crippen MR) is 62.9 cm³/mol. The Morgan fingerprint density at radius 3 is 2.78 bits per heavy atom.